The summed E-state index contributed by atoms with van der Waals surface area (Å²) in [6.45, 7) is 2.60. The van der Waals surface area contributed by atoms with Crippen LogP contribution in [0.25, 0.3) is 11.1 Å². The number of hydrogen-bond donors (Lipinski definition) is 0. The van der Waals surface area contributed by atoms with E-state index in [1.54, 1.807) is 23.5 Å². The molecule has 0 unspecified atom stereocenters. The molecule has 0 aliphatic carbocycles. The molecule has 0 N–H and O–H groups in total. The third-order valence-electron chi connectivity index (χ3n) is 4.63. The van der Waals surface area contributed by atoms with Gasteiger partial charge in [0.2, 0.25) is 10.0 Å². The molecule has 3 rings (SSSR count). The smallest absolute Gasteiger partial charge is 0.243 e. The highest BCUT2D eigenvalue weighted by molar-refractivity contribution is 7.89. The second kappa shape index (κ2) is 6.95. The first kappa shape index (κ1) is 17.0. The molecule has 0 radical (unpaired) electrons. The minimum Gasteiger partial charge on any atom is -0.497 e. The van der Waals surface area contributed by atoms with Gasteiger partial charge in [-0.1, -0.05) is 30.7 Å². The Morgan fingerprint density at radius 1 is 0.958 bits per heavy atom. The molecule has 0 spiro atoms. The Kier molecular flexibility index (Phi) is 4.92. The Bertz CT molecular complexity index is 782. The SMILES string of the molecule is COc1ccc(-c2ccc(S(=O)(=O)N3CCCC[C@H]3C)cc2)cc1. The first-order valence-electron chi connectivity index (χ1n) is 8.29. The number of nitrogens with zero attached hydrogens (tertiary/aromatic N) is 1. The Balaban J connectivity index is 1.85. The van der Waals surface area contributed by atoms with Gasteiger partial charge < -0.3 is 4.74 Å². The van der Waals surface area contributed by atoms with Gasteiger partial charge in [0.25, 0.3) is 0 Å². The molecule has 1 heterocycles. The summed E-state index contributed by atoms with van der Waals surface area (Å²) in [7, 11) is -1.77. The number of rotatable bonds is 4. The number of piperidine rings is 1. The van der Waals surface area contributed by atoms with Gasteiger partial charge in [0.1, 0.15) is 5.75 Å². The molecule has 128 valence electrons. The molecular weight excluding hydrogens is 322 g/mol. The number of benzene rings is 2. The van der Waals surface area contributed by atoms with Gasteiger partial charge in [-0.2, -0.15) is 4.31 Å². The van der Waals surface area contributed by atoms with Gasteiger partial charge in [0.05, 0.1) is 12.0 Å². The average Bonchev–Trinajstić information content (AvgIpc) is 2.62. The molecule has 0 bridgehead atoms. The second-order valence-electron chi connectivity index (χ2n) is 6.21. The van der Waals surface area contributed by atoms with Gasteiger partial charge in [-0.15, -0.1) is 0 Å². The fraction of sp³-hybridized carbons (Fsp3) is 0.368. The molecule has 0 aromatic heterocycles. The van der Waals surface area contributed by atoms with E-state index in [1.165, 1.54) is 0 Å². The van der Waals surface area contributed by atoms with E-state index in [0.29, 0.717) is 11.4 Å². The Morgan fingerprint density at radius 2 is 1.54 bits per heavy atom. The van der Waals surface area contributed by atoms with Crippen molar-refractivity contribution in [1.82, 2.24) is 4.31 Å². The first-order chi connectivity index (χ1) is 11.5. The van der Waals surface area contributed by atoms with Gasteiger partial charge in [-0.25, -0.2) is 8.42 Å². The van der Waals surface area contributed by atoms with Crippen LogP contribution in [0.15, 0.2) is 53.4 Å². The molecule has 1 aliphatic heterocycles. The molecule has 1 saturated heterocycles. The van der Waals surface area contributed by atoms with E-state index in [2.05, 4.69) is 0 Å². The zero-order valence-corrected chi connectivity index (χ0v) is 14.9. The Morgan fingerprint density at radius 3 is 2.08 bits per heavy atom. The predicted molar refractivity (Wildman–Crippen MR) is 95.6 cm³/mol. The maximum Gasteiger partial charge on any atom is 0.243 e. The van der Waals surface area contributed by atoms with Crippen LogP contribution in [-0.2, 0) is 10.0 Å². The summed E-state index contributed by atoms with van der Waals surface area (Å²) in [5.74, 6) is 0.803. The predicted octanol–water partition coefficient (Wildman–Crippen LogP) is 3.93. The van der Waals surface area contributed by atoms with Gasteiger partial charge in [0.15, 0.2) is 0 Å². The lowest BCUT2D eigenvalue weighted by molar-refractivity contribution is 0.268. The van der Waals surface area contributed by atoms with Crippen LogP contribution < -0.4 is 4.74 Å². The molecule has 2 aromatic rings. The molecule has 1 atom stereocenters. The summed E-state index contributed by atoms with van der Waals surface area (Å²) in [6, 6.07) is 14.9. The van der Waals surface area contributed by atoms with Crippen LogP contribution >= 0.6 is 0 Å². The molecule has 4 nitrogen and oxygen atoms in total. The lowest BCUT2D eigenvalue weighted by Crippen LogP contribution is -2.41. The van der Waals surface area contributed by atoms with Crippen molar-refractivity contribution in [1.29, 1.82) is 0 Å². The van der Waals surface area contributed by atoms with Crippen LogP contribution in [0.4, 0.5) is 0 Å². The normalized spacial score (nSPS) is 19.2. The van der Waals surface area contributed by atoms with Crippen molar-refractivity contribution in [3.63, 3.8) is 0 Å². The molecule has 24 heavy (non-hydrogen) atoms. The zero-order chi connectivity index (χ0) is 17.2. The van der Waals surface area contributed by atoms with E-state index in [9.17, 15) is 8.42 Å². The minimum atomic E-state index is -3.41. The van der Waals surface area contributed by atoms with Gasteiger partial charge in [0, 0.05) is 12.6 Å². The highest BCUT2D eigenvalue weighted by Gasteiger charge is 2.30. The quantitative estimate of drug-likeness (QED) is 0.843. The molecule has 1 fully saturated rings. The molecule has 2 aromatic carbocycles. The van der Waals surface area contributed by atoms with Gasteiger partial charge >= 0.3 is 0 Å². The maximum absolute atomic E-state index is 12.8. The summed E-state index contributed by atoms with van der Waals surface area (Å²) in [5.41, 5.74) is 2.02. The second-order valence-corrected chi connectivity index (χ2v) is 8.10. The Hall–Kier alpha value is -1.85. The van der Waals surface area contributed by atoms with Gasteiger partial charge in [-0.3, -0.25) is 0 Å². The Labute approximate surface area is 144 Å². The molecule has 1 aliphatic rings. The third-order valence-corrected chi connectivity index (χ3v) is 6.65. The number of sulfonamides is 1. The van der Waals surface area contributed by atoms with Crippen molar-refractivity contribution < 1.29 is 13.2 Å². The van der Waals surface area contributed by atoms with E-state index >= 15 is 0 Å². The topological polar surface area (TPSA) is 46.6 Å². The summed E-state index contributed by atoms with van der Waals surface area (Å²) < 4.78 is 32.5. The van der Waals surface area contributed by atoms with Crippen LogP contribution in [0, 0.1) is 0 Å². The van der Waals surface area contributed by atoms with Crippen LogP contribution in [0.5, 0.6) is 5.75 Å². The fourth-order valence-corrected chi connectivity index (χ4v) is 4.87. The average molecular weight is 345 g/mol. The van der Waals surface area contributed by atoms with Gasteiger partial charge in [-0.05, 0) is 55.2 Å². The molecule has 0 saturated carbocycles. The molecule has 0 amide bonds. The van der Waals surface area contributed by atoms with Crippen molar-refractivity contribution in [3.05, 3.63) is 48.5 Å². The monoisotopic (exact) mass is 345 g/mol. The van der Waals surface area contributed by atoms with Crippen molar-refractivity contribution in [2.75, 3.05) is 13.7 Å². The zero-order valence-electron chi connectivity index (χ0n) is 14.1. The lowest BCUT2D eigenvalue weighted by Gasteiger charge is -2.32. The highest BCUT2D eigenvalue weighted by Crippen LogP contribution is 2.28. The van der Waals surface area contributed by atoms with E-state index in [0.717, 1.165) is 36.1 Å². The molecular formula is C19H23NO3S. The minimum absolute atomic E-state index is 0.0741. The van der Waals surface area contributed by atoms with E-state index in [4.69, 9.17) is 4.74 Å². The number of methoxy groups -OCH3 is 1. The van der Waals surface area contributed by atoms with Crippen molar-refractivity contribution in [2.24, 2.45) is 0 Å². The summed E-state index contributed by atoms with van der Waals surface area (Å²) in [5, 5.41) is 0. The van der Waals surface area contributed by atoms with E-state index in [-0.39, 0.29) is 6.04 Å². The van der Waals surface area contributed by atoms with Crippen LogP contribution in [0.1, 0.15) is 26.2 Å². The number of ether oxygens (including phenoxy) is 1. The van der Waals surface area contributed by atoms with Crippen LogP contribution in [0.3, 0.4) is 0 Å². The molecule has 5 heteroatoms. The summed E-state index contributed by atoms with van der Waals surface area (Å²) in [4.78, 5) is 0.369. The van der Waals surface area contributed by atoms with Crippen molar-refractivity contribution in [3.8, 4) is 16.9 Å². The maximum atomic E-state index is 12.8. The summed E-state index contributed by atoms with van der Waals surface area (Å²) >= 11 is 0. The van der Waals surface area contributed by atoms with Crippen molar-refractivity contribution >= 4 is 10.0 Å². The number of hydrogen-bond acceptors (Lipinski definition) is 3. The standard InChI is InChI=1S/C19H23NO3S/c1-15-5-3-4-14-20(15)24(21,22)19-12-8-17(9-13-19)16-6-10-18(23-2)11-7-16/h6-13,15H,3-5,14H2,1-2H3/t15-/m1/s1. The largest absolute Gasteiger partial charge is 0.497 e. The van der Waals surface area contributed by atoms with E-state index in [1.807, 2.05) is 43.3 Å². The van der Waals surface area contributed by atoms with E-state index < -0.39 is 10.0 Å². The summed E-state index contributed by atoms with van der Waals surface area (Å²) in [6.07, 6.45) is 2.97. The van der Waals surface area contributed by atoms with Crippen LogP contribution in [0.2, 0.25) is 0 Å². The third kappa shape index (κ3) is 3.32. The lowest BCUT2D eigenvalue weighted by atomic mass is 10.1. The van der Waals surface area contributed by atoms with Crippen molar-refractivity contribution in [2.45, 2.75) is 37.1 Å². The fourth-order valence-electron chi connectivity index (χ4n) is 3.17. The first-order valence-corrected chi connectivity index (χ1v) is 9.73. The van der Waals surface area contributed by atoms with Crippen LogP contribution in [-0.4, -0.2) is 32.4 Å². The highest BCUT2D eigenvalue weighted by atomic mass is 32.2.